The quantitative estimate of drug-likeness (QED) is 0.145. The number of hydrogen-bond acceptors (Lipinski definition) is 9. The molecule has 31 heavy (non-hydrogen) atoms. The van der Waals surface area contributed by atoms with Crippen LogP contribution in [0.15, 0.2) is 24.7 Å². The fourth-order valence-corrected chi connectivity index (χ4v) is 1.96. The second-order valence-corrected chi connectivity index (χ2v) is 6.12. The van der Waals surface area contributed by atoms with Crippen molar-refractivity contribution in [3.05, 3.63) is 24.7 Å². The molecule has 0 bridgehead atoms. The lowest BCUT2D eigenvalue weighted by Crippen LogP contribution is -2.11. The van der Waals surface area contributed by atoms with Crippen LogP contribution in [0.4, 0.5) is 0 Å². The van der Waals surface area contributed by atoms with Crippen molar-refractivity contribution < 1.29 is 42.6 Å². The molecule has 0 spiro atoms. The summed E-state index contributed by atoms with van der Waals surface area (Å²) >= 11 is 0. The fourth-order valence-electron chi connectivity index (χ4n) is 1.96. The molecule has 0 aromatic rings. The van der Waals surface area contributed by atoms with Crippen LogP contribution in [0.25, 0.3) is 0 Å². The van der Waals surface area contributed by atoms with Crippen LogP contribution in [0.1, 0.15) is 12.8 Å². The van der Waals surface area contributed by atoms with Crippen LogP contribution in [0.2, 0.25) is 0 Å². The summed E-state index contributed by atoms with van der Waals surface area (Å²) in [6.45, 7) is 8.20. The summed E-state index contributed by atoms with van der Waals surface area (Å²) in [6.07, 6.45) is 8.71. The van der Waals surface area contributed by atoms with Crippen molar-refractivity contribution in [2.75, 3.05) is 107 Å². The lowest BCUT2D eigenvalue weighted by molar-refractivity contribution is 0.00419. The molecule has 184 valence electrons. The highest BCUT2D eigenvalue weighted by Gasteiger charge is 1.92. The summed E-state index contributed by atoms with van der Waals surface area (Å²) in [4.78, 5) is 0. The summed E-state index contributed by atoms with van der Waals surface area (Å²) in [5, 5.41) is 0. The molecule has 0 unspecified atom stereocenters. The molecular weight excluding hydrogens is 408 g/mol. The van der Waals surface area contributed by atoms with E-state index in [9.17, 15) is 0 Å². The zero-order valence-corrected chi connectivity index (χ0v) is 19.3. The molecule has 9 heteroatoms. The van der Waals surface area contributed by atoms with Crippen LogP contribution in [-0.4, -0.2) is 107 Å². The van der Waals surface area contributed by atoms with Crippen LogP contribution in [0, 0.1) is 0 Å². The van der Waals surface area contributed by atoms with Gasteiger partial charge in [0.2, 0.25) is 0 Å². The fraction of sp³-hybridized carbons (Fsp3) is 0.818. The Morgan fingerprint density at radius 1 is 0.387 bits per heavy atom. The van der Waals surface area contributed by atoms with Gasteiger partial charge in [0.1, 0.15) is 0 Å². The zero-order chi connectivity index (χ0) is 22.5. The molecule has 0 rings (SSSR count). The molecule has 0 heterocycles. The first-order valence-corrected chi connectivity index (χ1v) is 10.8. The Morgan fingerprint density at radius 3 is 1.00 bits per heavy atom. The molecule has 0 aromatic carbocycles. The molecule has 0 saturated heterocycles. The number of methoxy groups -OCH3 is 2. The number of hydrogen-bond donors (Lipinski definition) is 0. The molecule has 0 aliphatic carbocycles. The van der Waals surface area contributed by atoms with E-state index < -0.39 is 0 Å². The van der Waals surface area contributed by atoms with Gasteiger partial charge in [0.25, 0.3) is 0 Å². The van der Waals surface area contributed by atoms with Gasteiger partial charge in [0.05, 0.1) is 105 Å². The molecule has 9 nitrogen and oxygen atoms in total. The average Bonchev–Trinajstić information content (AvgIpc) is 2.78. The van der Waals surface area contributed by atoms with Gasteiger partial charge < -0.3 is 42.6 Å². The van der Waals surface area contributed by atoms with Crippen LogP contribution >= 0.6 is 0 Å². The van der Waals surface area contributed by atoms with Gasteiger partial charge in [0, 0.05) is 14.2 Å². The van der Waals surface area contributed by atoms with E-state index in [-0.39, 0.29) is 0 Å². The Hall–Kier alpha value is -1.04. The molecule has 0 N–H and O–H groups in total. The van der Waals surface area contributed by atoms with Crippen molar-refractivity contribution in [1.82, 2.24) is 0 Å². The average molecular weight is 451 g/mol. The third-order valence-electron chi connectivity index (χ3n) is 3.56. The van der Waals surface area contributed by atoms with Gasteiger partial charge in [-0.25, -0.2) is 0 Å². The van der Waals surface area contributed by atoms with Crippen molar-refractivity contribution in [3.63, 3.8) is 0 Å². The van der Waals surface area contributed by atoms with Gasteiger partial charge >= 0.3 is 0 Å². The Balaban J connectivity index is 3.14. The predicted molar refractivity (Wildman–Crippen MR) is 117 cm³/mol. The Labute approximate surface area is 187 Å². The first-order chi connectivity index (χ1) is 15.4. The van der Waals surface area contributed by atoms with Gasteiger partial charge in [-0.3, -0.25) is 0 Å². The summed E-state index contributed by atoms with van der Waals surface area (Å²) < 4.78 is 47.3. The van der Waals surface area contributed by atoms with Gasteiger partial charge in [0.15, 0.2) is 0 Å². The second kappa shape index (κ2) is 29.0. The van der Waals surface area contributed by atoms with Crippen molar-refractivity contribution >= 4 is 0 Å². The summed E-state index contributed by atoms with van der Waals surface area (Å²) in [6, 6.07) is 0. The highest BCUT2D eigenvalue weighted by atomic mass is 16.6. The number of rotatable bonds is 26. The lowest BCUT2D eigenvalue weighted by atomic mass is 10.4. The Kier molecular flexibility index (Phi) is 28.0. The smallest absolute Gasteiger partial charge is 0.0862 e. The number of ether oxygens (including phenoxy) is 9. The third-order valence-corrected chi connectivity index (χ3v) is 3.56. The lowest BCUT2D eigenvalue weighted by Gasteiger charge is -2.06. The summed E-state index contributed by atoms with van der Waals surface area (Å²) in [7, 11) is 3.30. The van der Waals surface area contributed by atoms with Crippen molar-refractivity contribution in [2.24, 2.45) is 0 Å². The van der Waals surface area contributed by atoms with E-state index >= 15 is 0 Å². The first kappa shape index (κ1) is 30.0. The molecular formula is C22H42O9. The minimum atomic E-state index is 0.564. The molecule has 0 saturated carbocycles. The van der Waals surface area contributed by atoms with Crippen LogP contribution in [0.3, 0.4) is 0 Å². The predicted octanol–water partition coefficient (Wildman–Crippen LogP) is 2.20. The highest BCUT2D eigenvalue weighted by molar-refractivity contribution is 4.79. The maximum absolute atomic E-state index is 5.46. The zero-order valence-electron chi connectivity index (χ0n) is 19.3. The van der Waals surface area contributed by atoms with E-state index in [0.717, 1.165) is 12.8 Å². The monoisotopic (exact) mass is 450 g/mol. The van der Waals surface area contributed by atoms with Gasteiger partial charge in [-0.15, -0.1) is 0 Å². The van der Waals surface area contributed by atoms with Crippen molar-refractivity contribution in [3.8, 4) is 0 Å². The molecule has 0 fully saturated rings. The summed E-state index contributed by atoms with van der Waals surface area (Å²) in [5.74, 6) is 0. The van der Waals surface area contributed by atoms with E-state index in [0.29, 0.717) is 92.5 Å². The highest BCUT2D eigenvalue weighted by Crippen LogP contribution is 1.91. The van der Waals surface area contributed by atoms with E-state index in [1.807, 2.05) is 12.2 Å². The molecule has 0 radical (unpaired) electrons. The van der Waals surface area contributed by atoms with E-state index in [2.05, 4.69) is 0 Å². The SMILES string of the molecule is COCCOCCOCCOCCC=COC=CCCOCCOCCOCCOC. The van der Waals surface area contributed by atoms with Crippen LogP contribution in [0.5, 0.6) is 0 Å². The third kappa shape index (κ3) is 29.0. The van der Waals surface area contributed by atoms with Gasteiger partial charge in [-0.05, 0) is 25.0 Å². The van der Waals surface area contributed by atoms with E-state index in [1.165, 1.54) is 0 Å². The standard InChI is InChI=1S/C22H42O9/c1-23-11-13-28-19-21-30-17-15-26-9-5-3-7-25-8-4-6-10-27-16-18-31-22-20-29-14-12-24-2/h3-4,7-8H,5-6,9-22H2,1-2H3. The Morgan fingerprint density at radius 2 is 0.677 bits per heavy atom. The van der Waals surface area contributed by atoms with Gasteiger partial charge in [-0.1, -0.05) is 0 Å². The maximum Gasteiger partial charge on any atom is 0.0862 e. The minimum absolute atomic E-state index is 0.564. The van der Waals surface area contributed by atoms with E-state index in [1.54, 1.807) is 26.7 Å². The van der Waals surface area contributed by atoms with Crippen LogP contribution in [-0.2, 0) is 42.6 Å². The molecule has 0 amide bonds. The molecule has 0 aliphatic rings. The largest absolute Gasteiger partial charge is 0.473 e. The topological polar surface area (TPSA) is 83.1 Å². The van der Waals surface area contributed by atoms with Crippen molar-refractivity contribution in [1.29, 1.82) is 0 Å². The molecule has 0 atom stereocenters. The van der Waals surface area contributed by atoms with Gasteiger partial charge in [-0.2, -0.15) is 0 Å². The minimum Gasteiger partial charge on any atom is -0.473 e. The molecule has 0 aliphatic heterocycles. The second-order valence-electron chi connectivity index (χ2n) is 6.12. The summed E-state index contributed by atoms with van der Waals surface area (Å²) in [5.41, 5.74) is 0. The van der Waals surface area contributed by atoms with E-state index in [4.69, 9.17) is 42.6 Å². The maximum atomic E-state index is 5.46. The normalized spacial score (nSPS) is 11.8. The Bertz CT molecular complexity index is 344. The van der Waals surface area contributed by atoms with Crippen molar-refractivity contribution in [2.45, 2.75) is 12.8 Å². The molecule has 0 aromatic heterocycles. The van der Waals surface area contributed by atoms with Crippen LogP contribution < -0.4 is 0 Å². The first-order valence-electron chi connectivity index (χ1n) is 10.8.